The maximum absolute atomic E-state index is 14.5. The summed E-state index contributed by atoms with van der Waals surface area (Å²) >= 11 is 0. The van der Waals surface area contributed by atoms with Crippen molar-refractivity contribution in [3.8, 4) is 22.7 Å². The molecule has 3 aliphatic heterocycles. The van der Waals surface area contributed by atoms with E-state index in [-0.39, 0.29) is 11.9 Å². The summed E-state index contributed by atoms with van der Waals surface area (Å²) in [5, 5.41) is 9.00. The molecule has 1 N–H and O–H groups in total. The molecule has 0 aliphatic carbocycles. The van der Waals surface area contributed by atoms with Crippen LogP contribution in [0.1, 0.15) is 12.8 Å². The largest absolute Gasteiger partial charge is 0.490 e. The van der Waals surface area contributed by atoms with Crippen LogP contribution >= 0.6 is 0 Å². The molecule has 7 heterocycles. The molecule has 6 aromatic rings. The highest BCUT2D eigenvalue weighted by Crippen LogP contribution is 2.35. The number of carbonyl (C=O) groups excluding carboxylic acids is 1. The highest BCUT2D eigenvalue weighted by atomic mass is 19.1. The lowest BCUT2D eigenvalue weighted by atomic mass is 10.1. The van der Waals surface area contributed by atoms with Gasteiger partial charge in [0.25, 0.3) is 0 Å². The third-order valence-corrected chi connectivity index (χ3v) is 10.4. The molecule has 4 aromatic heterocycles. The number of aryl methyl sites for hydroxylation is 1. The van der Waals surface area contributed by atoms with Crippen LogP contribution in [0.2, 0.25) is 0 Å². The highest BCUT2D eigenvalue weighted by molar-refractivity contribution is 5.93. The van der Waals surface area contributed by atoms with Gasteiger partial charge in [-0.3, -0.25) is 9.69 Å². The number of fused-ring (bicyclic) bond motifs is 6. The monoisotopic (exact) mass is 717 g/mol. The zero-order valence-corrected chi connectivity index (χ0v) is 29.4. The van der Waals surface area contributed by atoms with Gasteiger partial charge in [-0.05, 0) is 43.2 Å². The third-order valence-electron chi connectivity index (χ3n) is 10.4. The number of likely N-dealkylation sites (N-methyl/N-ethyl adjacent to an activating group) is 1. The molecule has 1 amide bonds. The Morgan fingerprint density at radius 2 is 1.91 bits per heavy atom. The number of amides is 1. The minimum absolute atomic E-state index is 0.00991. The van der Waals surface area contributed by atoms with E-state index in [0.717, 1.165) is 47.6 Å². The number of carbonyl (C=O) groups is 1. The van der Waals surface area contributed by atoms with Crippen LogP contribution in [-0.2, 0) is 16.1 Å². The maximum Gasteiger partial charge on any atom is 0.245 e. The summed E-state index contributed by atoms with van der Waals surface area (Å²) in [6.07, 6.45) is 6.37. The topological polar surface area (TPSA) is 132 Å². The van der Waals surface area contributed by atoms with Crippen molar-refractivity contribution in [2.75, 3.05) is 69.8 Å². The number of ether oxygens (including phenoxy) is 2. The van der Waals surface area contributed by atoms with Crippen LogP contribution in [0.5, 0.6) is 5.75 Å². The van der Waals surface area contributed by atoms with Gasteiger partial charge in [-0.2, -0.15) is 5.10 Å². The zero-order chi connectivity index (χ0) is 35.9. The third kappa shape index (κ3) is 6.39. The number of benzene rings is 2. The van der Waals surface area contributed by atoms with E-state index < -0.39 is 11.9 Å². The lowest BCUT2D eigenvalue weighted by Crippen LogP contribution is -2.45. The first-order chi connectivity index (χ1) is 26.0. The molecule has 15 heteroatoms. The number of anilines is 2. The van der Waals surface area contributed by atoms with Crippen molar-refractivity contribution in [3.05, 3.63) is 79.3 Å². The van der Waals surface area contributed by atoms with E-state index in [1.54, 1.807) is 16.9 Å². The number of para-hydroxylation sites is 1. The zero-order valence-electron chi connectivity index (χ0n) is 29.4. The summed E-state index contributed by atoms with van der Waals surface area (Å²) in [6, 6.07) is 15.9. The standard InChI is InChI=1S/C38H40FN11O3/c1-46-11-4-12-48-24-42-30-7-2-5-27(35(30)48)29-6-3-8-34(45-29)44-26-20-32(38(46)51)49(22-26)36-28-21-43-50(37(28)41-23-40-36)31-10-9-25(39)19-33(31)53-18-15-47-13-16-52-17-14-47/h2-3,5-10,19,21,23-24,26,32H,4,11-18,20,22H2,1H3,(H,44,45)/t26-,32-/m0/s1. The van der Waals surface area contributed by atoms with Crippen molar-refractivity contribution in [1.82, 2.24) is 44.1 Å². The molecule has 14 nitrogen and oxygen atoms in total. The molecule has 53 heavy (non-hydrogen) atoms. The fraction of sp³-hybridized carbons (Fsp3) is 0.368. The Morgan fingerprint density at radius 1 is 1.02 bits per heavy atom. The first-order valence-electron chi connectivity index (χ1n) is 18.1. The Morgan fingerprint density at radius 3 is 2.81 bits per heavy atom. The number of hydrogen-bond donors (Lipinski definition) is 1. The van der Waals surface area contributed by atoms with E-state index >= 15 is 0 Å². The fourth-order valence-electron chi connectivity index (χ4n) is 7.75. The minimum atomic E-state index is -0.491. The van der Waals surface area contributed by atoms with Crippen molar-refractivity contribution in [2.45, 2.75) is 31.5 Å². The average molecular weight is 718 g/mol. The summed E-state index contributed by atoms with van der Waals surface area (Å²) in [6.45, 7) is 5.91. The number of rotatable bonds is 6. The van der Waals surface area contributed by atoms with E-state index in [4.69, 9.17) is 24.5 Å². The Hall–Kier alpha value is -5.67. The molecule has 0 unspecified atom stereocenters. The summed E-state index contributed by atoms with van der Waals surface area (Å²) in [4.78, 5) is 39.5. The smallest absolute Gasteiger partial charge is 0.245 e. The van der Waals surface area contributed by atoms with Crippen molar-refractivity contribution in [3.63, 3.8) is 0 Å². The summed E-state index contributed by atoms with van der Waals surface area (Å²) in [5.41, 5.74) is 4.91. The van der Waals surface area contributed by atoms with Gasteiger partial charge in [0.1, 0.15) is 47.9 Å². The first kappa shape index (κ1) is 33.2. The predicted octanol–water partition coefficient (Wildman–Crippen LogP) is 4.00. The number of nitrogens with one attached hydrogen (secondary N) is 1. The highest BCUT2D eigenvalue weighted by Gasteiger charge is 2.40. The van der Waals surface area contributed by atoms with E-state index in [9.17, 15) is 9.18 Å². The molecule has 4 bridgehead atoms. The molecule has 0 saturated carbocycles. The van der Waals surface area contributed by atoms with Crippen LogP contribution in [0.3, 0.4) is 0 Å². The van der Waals surface area contributed by atoms with E-state index in [0.29, 0.717) is 80.7 Å². The van der Waals surface area contributed by atoms with Gasteiger partial charge >= 0.3 is 0 Å². The Balaban J connectivity index is 1.04. The molecular formula is C38H40FN11O3. The lowest BCUT2D eigenvalue weighted by molar-refractivity contribution is -0.131. The number of nitrogens with zero attached hydrogens (tertiary/aromatic N) is 10. The average Bonchev–Trinajstić information content (AvgIpc) is 3.92. The van der Waals surface area contributed by atoms with Crippen LogP contribution in [0.25, 0.3) is 39.0 Å². The Bertz CT molecular complexity index is 2290. The number of hydrogen-bond acceptors (Lipinski definition) is 11. The van der Waals surface area contributed by atoms with Gasteiger partial charge in [-0.15, -0.1) is 0 Å². The van der Waals surface area contributed by atoms with E-state index in [1.807, 2.05) is 48.6 Å². The van der Waals surface area contributed by atoms with Gasteiger partial charge in [-0.25, -0.2) is 29.0 Å². The van der Waals surface area contributed by atoms with Crippen molar-refractivity contribution in [2.24, 2.45) is 0 Å². The molecule has 2 aromatic carbocycles. The van der Waals surface area contributed by atoms with Gasteiger partial charge < -0.3 is 29.2 Å². The second kappa shape index (κ2) is 14.0. The van der Waals surface area contributed by atoms with Gasteiger partial charge in [0, 0.05) is 64.0 Å². The molecule has 2 fully saturated rings. The van der Waals surface area contributed by atoms with E-state index in [1.165, 1.54) is 18.5 Å². The molecule has 2 atom stereocenters. The summed E-state index contributed by atoms with van der Waals surface area (Å²) < 4.78 is 29.9. The second-order valence-corrected chi connectivity index (χ2v) is 13.8. The van der Waals surface area contributed by atoms with Crippen molar-refractivity contribution >= 4 is 39.6 Å². The van der Waals surface area contributed by atoms with Crippen LogP contribution < -0.4 is 15.0 Å². The fourth-order valence-corrected chi connectivity index (χ4v) is 7.75. The number of halogens is 1. The Labute approximate surface area is 305 Å². The minimum Gasteiger partial charge on any atom is -0.490 e. The van der Waals surface area contributed by atoms with Crippen LogP contribution in [0, 0.1) is 5.82 Å². The second-order valence-electron chi connectivity index (χ2n) is 13.8. The quantitative estimate of drug-likeness (QED) is 0.268. The van der Waals surface area contributed by atoms with Crippen LogP contribution in [0.15, 0.2) is 73.4 Å². The maximum atomic E-state index is 14.5. The van der Waals surface area contributed by atoms with Gasteiger partial charge in [-0.1, -0.05) is 18.2 Å². The summed E-state index contributed by atoms with van der Waals surface area (Å²) in [7, 11) is 1.87. The molecule has 0 spiro atoms. The van der Waals surface area contributed by atoms with Crippen molar-refractivity contribution < 1.29 is 18.7 Å². The lowest BCUT2D eigenvalue weighted by Gasteiger charge is -2.29. The van der Waals surface area contributed by atoms with Crippen molar-refractivity contribution in [1.29, 1.82) is 0 Å². The molecule has 9 rings (SSSR count). The Kier molecular flexibility index (Phi) is 8.79. The van der Waals surface area contributed by atoms with Gasteiger partial charge in [0.2, 0.25) is 5.91 Å². The SMILES string of the molecule is CN1CCCn2cnc3cccc(c32)-c2cccc(n2)N[C@H]2C[C@@H](C1=O)N(c1ncnc3c1cnn3-c1ccc(F)cc1OCCN1CCOCC1)C2. The molecular weight excluding hydrogens is 677 g/mol. The normalized spacial score (nSPS) is 19.7. The summed E-state index contributed by atoms with van der Waals surface area (Å²) in [5.74, 6) is 1.30. The molecule has 0 radical (unpaired) electrons. The molecule has 3 aliphatic rings. The van der Waals surface area contributed by atoms with Crippen LogP contribution in [-0.4, -0.2) is 122 Å². The molecule has 2 saturated heterocycles. The molecule has 272 valence electrons. The van der Waals surface area contributed by atoms with Gasteiger partial charge in [0.05, 0.1) is 47.9 Å². The van der Waals surface area contributed by atoms with E-state index in [2.05, 4.69) is 35.7 Å². The number of aromatic nitrogens is 7. The number of imidazole rings is 1. The van der Waals surface area contributed by atoms with Crippen LogP contribution in [0.4, 0.5) is 16.0 Å². The predicted molar refractivity (Wildman–Crippen MR) is 198 cm³/mol. The number of morpholine rings is 1. The first-order valence-corrected chi connectivity index (χ1v) is 18.1. The number of pyridine rings is 1. The van der Waals surface area contributed by atoms with Gasteiger partial charge in [0.15, 0.2) is 5.65 Å².